The van der Waals surface area contributed by atoms with Crippen LogP contribution in [-0.4, -0.2) is 115 Å². The largest absolute Gasteiger partial charge is 0.493 e. The summed E-state index contributed by atoms with van der Waals surface area (Å²) in [6.45, 7) is 5.28. The second-order valence-corrected chi connectivity index (χ2v) is 12.6. The molecule has 43 heavy (non-hydrogen) atoms. The Bertz CT molecular complexity index is 1220. The van der Waals surface area contributed by atoms with Crippen molar-refractivity contribution in [1.82, 2.24) is 19.8 Å². The van der Waals surface area contributed by atoms with Crippen molar-refractivity contribution in [3.63, 3.8) is 0 Å². The van der Waals surface area contributed by atoms with E-state index in [2.05, 4.69) is 42.9 Å². The van der Waals surface area contributed by atoms with Crippen molar-refractivity contribution < 1.29 is 33.4 Å². The molecule has 3 heterocycles. The van der Waals surface area contributed by atoms with Crippen LogP contribution >= 0.6 is 0 Å². The van der Waals surface area contributed by atoms with Crippen LogP contribution in [-0.2, 0) is 16.0 Å². The molecule has 0 radical (unpaired) electrons. The summed E-state index contributed by atoms with van der Waals surface area (Å²) in [6, 6.07) is 5.09. The summed E-state index contributed by atoms with van der Waals surface area (Å²) in [5, 5.41) is 10.6. The molecule has 236 valence electrons. The van der Waals surface area contributed by atoms with Crippen LogP contribution in [0.5, 0.6) is 17.2 Å². The van der Waals surface area contributed by atoms with E-state index < -0.39 is 11.9 Å². The summed E-state index contributed by atoms with van der Waals surface area (Å²) in [4.78, 5) is 39.5. The summed E-state index contributed by atoms with van der Waals surface area (Å²) in [5.74, 6) is 0.288. The van der Waals surface area contributed by atoms with Gasteiger partial charge in [0.2, 0.25) is 18.4 Å². The predicted molar refractivity (Wildman–Crippen MR) is 162 cm³/mol. The first-order valence-corrected chi connectivity index (χ1v) is 15.4. The lowest BCUT2D eigenvalue weighted by Crippen LogP contribution is -2.45. The highest BCUT2D eigenvalue weighted by Crippen LogP contribution is 2.47. The van der Waals surface area contributed by atoms with Crippen LogP contribution in [0.2, 0.25) is 0 Å². The minimum Gasteiger partial charge on any atom is -0.493 e. The zero-order valence-electron chi connectivity index (χ0n) is 26.3. The number of carbonyl (C=O) groups is 2. The molecule has 11 nitrogen and oxygen atoms in total. The van der Waals surface area contributed by atoms with Crippen LogP contribution in [0, 0.1) is 5.92 Å². The van der Waals surface area contributed by atoms with Crippen LogP contribution in [0.25, 0.3) is 0 Å². The summed E-state index contributed by atoms with van der Waals surface area (Å²) in [7, 11) is 8.10. The Hall–Kier alpha value is -3.44. The third-order valence-electron chi connectivity index (χ3n) is 8.40. The minimum atomic E-state index is -0.890. The molecule has 11 heteroatoms. The topological polar surface area (TPSA) is 114 Å². The van der Waals surface area contributed by atoms with Gasteiger partial charge in [0.05, 0.1) is 47.3 Å². The first kappa shape index (κ1) is 32.5. The third kappa shape index (κ3) is 8.57. The zero-order valence-corrected chi connectivity index (χ0v) is 26.3. The quantitative estimate of drug-likeness (QED) is 0.229. The first-order valence-electron chi connectivity index (χ1n) is 15.4. The second kappa shape index (κ2) is 14.8. The fourth-order valence-electron chi connectivity index (χ4n) is 6.16. The van der Waals surface area contributed by atoms with Gasteiger partial charge in [0, 0.05) is 50.4 Å². The number of aliphatic carboxylic acids is 1. The number of hydrogen-bond donors (Lipinski definition) is 1. The monoisotopic (exact) mass is 598 g/mol. The maximum absolute atomic E-state index is 13.8. The SMILES string of the molecule is CCCCN(CCCC[N+](C)(C)C)C(=O)CN1C[C@H](c2cc(OC)c3c(c2)OCO3)C(C(=O)O)[C@@H]1CCc1ncccn1. The highest BCUT2D eigenvalue weighted by Gasteiger charge is 2.47. The van der Waals surface area contributed by atoms with Crippen molar-refractivity contribution in [2.24, 2.45) is 5.92 Å². The van der Waals surface area contributed by atoms with E-state index in [9.17, 15) is 14.7 Å². The molecule has 0 saturated carbocycles. The van der Waals surface area contributed by atoms with Crippen LogP contribution in [0.1, 0.15) is 56.3 Å². The number of rotatable bonds is 16. The Kier molecular flexibility index (Phi) is 11.2. The Morgan fingerprint density at radius 1 is 1.12 bits per heavy atom. The Balaban J connectivity index is 1.58. The van der Waals surface area contributed by atoms with E-state index in [0.29, 0.717) is 55.5 Å². The zero-order chi connectivity index (χ0) is 31.0. The number of carboxylic acids is 1. The molecule has 0 spiro atoms. The van der Waals surface area contributed by atoms with Crippen molar-refractivity contribution in [2.75, 3.05) is 67.8 Å². The van der Waals surface area contributed by atoms with Crippen LogP contribution < -0.4 is 14.2 Å². The van der Waals surface area contributed by atoms with Crippen molar-refractivity contribution in [3.8, 4) is 17.2 Å². The van der Waals surface area contributed by atoms with Gasteiger partial charge >= 0.3 is 5.97 Å². The molecule has 1 amide bonds. The smallest absolute Gasteiger partial charge is 0.308 e. The number of unbranched alkanes of at least 4 members (excludes halogenated alkanes) is 2. The summed E-state index contributed by atoms with van der Waals surface area (Å²) < 4.78 is 17.7. The fourth-order valence-corrected chi connectivity index (χ4v) is 6.16. The number of ether oxygens (including phenoxy) is 3. The predicted octanol–water partition coefficient (Wildman–Crippen LogP) is 3.43. The molecule has 1 saturated heterocycles. The Morgan fingerprint density at radius 3 is 2.53 bits per heavy atom. The molecule has 0 aliphatic carbocycles. The number of hydrogen-bond acceptors (Lipinski definition) is 8. The summed E-state index contributed by atoms with van der Waals surface area (Å²) in [6.07, 6.45) is 8.34. The van der Waals surface area contributed by atoms with Gasteiger partial charge in [-0.1, -0.05) is 13.3 Å². The van der Waals surface area contributed by atoms with E-state index in [0.717, 1.165) is 42.3 Å². The number of carbonyl (C=O) groups excluding carboxylic acids is 1. The van der Waals surface area contributed by atoms with Crippen LogP contribution in [0.4, 0.5) is 0 Å². The van der Waals surface area contributed by atoms with E-state index in [1.54, 1.807) is 25.6 Å². The number of benzene rings is 1. The Morgan fingerprint density at radius 2 is 1.86 bits per heavy atom. The molecule has 2 aliphatic heterocycles. The lowest BCUT2D eigenvalue weighted by molar-refractivity contribution is -0.870. The van der Waals surface area contributed by atoms with E-state index in [4.69, 9.17) is 14.2 Å². The number of likely N-dealkylation sites (tertiary alicyclic amines) is 1. The van der Waals surface area contributed by atoms with Crippen molar-refractivity contribution >= 4 is 11.9 Å². The fraction of sp³-hybridized carbons (Fsp3) is 0.625. The standard InChI is InChI=1S/C32H47N5O6/c1-6-7-15-35(16-8-9-17-37(2,3)4)29(38)21-36-20-24(23-18-26(41-5)31-27(19-23)42-22-43-31)30(32(39)40)25(36)11-12-28-33-13-10-14-34-28/h10,13-14,18-19,24-25,30H,6-9,11-12,15-17,20-22H2,1-5H3/p+1/t24-,25+,30?/m1/s1. The lowest BCUT2D eigenvalue weighted by atomic mass is 9.83. The minimum absolute atomic E-state index is 0.0488. The number of aryl methyl sites for hydroxylation is 1. The van der Waals surface area contributed by atoms with Crippen LogP contribution in [0.3, 0.4) is 0 Å². The van der Waals surface area contributed by atoms with Gasteiger partial charge < -0.3 is 28.7 Å². The maximum atomic E-state index is 13.8. The van der Waals surface area contributed by atoms with Gasteiger partial charge in [-0.2, -0.15) is 0 Å². The van der Waals surface area contributed by atoms with E-state index in [-0.39, 0.29) is 31.2 Å². The number of fused-ring (bicyclic) bond motifs is 1. The summed E-state index contributed by atoms with van der Waals surface area (Å²) >= 11 is 0. The molecule has 0 bridgehead atoms. The molecule has 1 aromatic carbocycles. The number of quaternary nitrogens is 1. The average Bonchev–Trinajstić information content (AvgIpc) is 3.60. The van der Waals surface area contributed by atoms with Crippen LogP contribution in [0.15, 0.2) is 30.6 Å². The number of amides is 1. The van der Waals surface area contributed by atoms with Gasteiger partial charge in [-0.15, -0.1) is 0 Å². The Labute approximate surface area is 255 Å². The van der Waals surface area contributed by atoms with E-state index in [1.807, 2.05) is 17.0 Å². The molecule has 2 aromatic rings. The molecule has 1 N–H and O–H groups in total. The molecule has 1 unspecified atom stereocenters. The first-order chi connectivity index (χ1) is 20.6. The molecule has 1 fully saturated rings. The van der Waals surface area contributed by atoms with Gasteiger partial charge in [-0.05, 0) is 49.4 Å². The molecule has 1 aromatic heterocycles. The van der Waals surface area contributed by atoms with E-state index >= 15 is 0 Å². The highest BCUT2D eigenvalue weighted by molar-refractivity contribution is 5.79. The number of aromatic nitrogens is 2. The van der Waals surface area contributed by atoms with Gasteiger partial charge in [0.1, 0.15) is 5.82 Å². The van der Waals surface area contributed by atoms with Gasteiger partial charge in [0.25, 0.3) is 0 Å². The van der Waals surface area contributed by atoms with E-state index in [1.165, 1.54) is 0 Å². The molecule has 2 aliphatic rings. The molecule has 4 rings (SSSR count). The van der Waals surface area contributed by atoms with Gasteiger partial charge in [0.15, 0.2) is 11.5 Å². The van der Waals surface area contributed by atoms with Gasteiger partial charge in [-0.3, -0.25) is 14.5 Å². The van der Waals surface area contributed by atoms with Crippen molar-refractivity contribution in [1.29, 1.82) is 0 Å². The number of methoxy groups -OCH3 is 1. The lowest BCUT2D eigenvalue weighted by Gasteiger charge is -2.30. The van der Waals surface area contributed by atoms with Crippen molar-refractivity contribution in [3.05, 3.63) is 42.0 Å². The molecule has 3 atom stereocenters. The summed E-state index contributed by atoms with van der Waals surface area (Å²) in [5.41, 5.74) is 0.799. The number of carboxylic acid groups (broad SMARTS) is 1. The molecular weight excluding hydrogens is 550 g/mol. The number of nitrogens with zero attached hydrogens (tertiary/aromatic N) is 5. The average molecular weight is 599 g/mol. The molecular formula is C32H48N5O6+. The third-order valence-corrected chi connectivity index (χ3v) is 8.40. The second-order valence-electron chi connectivity index (χ2n) is 12.6. The maximum Gasteiger partial charge on any atom is 0.308 e. The van der Waals surface area contributed by atoms with Crippen molar-refractivity contribution in [2.45, 2.75) is 57.4 Å². The van der Waals surface area contributed by atoms with Gasteiger partial charge in [-0.25, -0.2) is 9.97 Å². The normalized spacial score (nSPS) is 19.9. The highest BCUT2D eigenvalue weighted by atomic mass is 16.7.